The zero-order chi connectivity index (χ0) is 22.5. The SMILES string of the molecule is CC(Sc1nc2ccccc2c(=O)n1C)C(=O)N(Cc1ccccc1)Cc1ccccc1. The molecular weight excluding hydrogens is 418 g/mol. The van der Waals surface area contributed by atoms with Gasteiger partial charge in [0.2, 0.25) is 5.91 Å². The molecule has 0 aliphatic heterocycles. The smallest absolute Gasteiger partial charge is 0.261 e. The summed E-state index contributed by atoms with van der Waals surface area (Å²) in [4.78, 5) is 32.7. The van der Waals surface area contributed by atoms with Crippen LogP contribution in [-0.2, 0) is 24.9 Å². The summed E-state index contributed by atoms with van der Waals surface area (Å²) in [6.07, 6.45) is 0. The normalized spacial score (nSPS) is 11.9. The molecule has 0 saturated carbocycles. The van der Waals surface area contributed by atoms with Crippen molar-refractivity contribution in [3.63, 3.8) is 0 Å². The van der Waals surface area contributed by atoms with Gasteiger partial charge in [-0.05, 0) is 30.2 Å². The minimum Gasteiger partial charge on any atom is -0.333 e. The van der Waals surface area contributed by atoms with Crippen LogP contribution in [0.25, 0.3) is 10.9 Å². The summed E-state index contributed by atoms with van der Waals surface area (Å²) in [5.41, 5.74) is 2.68. The van der Waals surface area contributed by atoms with Crippen molar-refractivity contribution in [1.82, 2.24) is 14.5 Å². The molecule has 162 valence electrons. The van der Waals surface area contributed by atoms with Crippen molar-refractivity contribution in [2.45, 2.75) is 30.4 Å². The first kappa shape index (κ1) is 21.8. The molecule has 1 aromatic heterocycles. The maximum absolute atomic E-state index is 13.5. The van der Waals surface area contributed by atoms with Crippen molar-refractivity contribution >= 4 is 28.6 Å². The van der Waals surface area contributed by atoms with E-state index in [0.29, 0.717) is 29.1 Å². The molecular formula is C26H25N3O2S. The Bertz CT molecular complexity index is 1230. The number of benzene rings is 3. The topological polar surface area (TPSA) is 55.2 Å². The summed E-state index contributed by atoms with van der Waals surface area (Å²) in [7, 11) is 1.70. The molecule has 0 bridgehead atoms. The molecule has 6 heteroatoms. The standard InChI is InChI=1S/C26H25N3O2S/c1-19(32-26-27-23-16-10-9-15-22(23)25(31)28(26)2)24(30)29(17-20-11-5-3-6-12-20)18-21-13-7-4-8-14-21/h3-16,19H,17-18H2,1-2H3. The third kappa shape index (κ3) is 4.92. The van der Waals surface area contributed by atoms with Gasteiger partial charge >= 0.3 is 0 Å². The first-order valence-electron chi connectivity index (χ1n) is 10.5. The number of carbonyl (C=O) groups is 1. The van der Waals surface area contributed by atoms with Crippen molar-refractivity contribution in [3.8, 4) is 0 Å². The Kier molecular flexibility index (Phi) is 6.71. The highest BCUT2D eigenvalue weighted by Crippen LogP contribution is 2.24. The van der Waals surface area contributed by atoms with Crippen LogP contribution in [0.4, 0.5) is 0 Å². The van der Waals surface area contributed by atoms with Crippen molar-refractivity contribution < 1.29 is 4.79 Å². The summed E-state index contributed by atoms with van der Waals surface area (Å²) in [5, 5.41) is 0.712. The Morgan fingerprint density at radius 1 is 0.906 bits per heavy atom. The molecule has 0 radical (unpaired) electrons. The highest BCUT2D eigenvalue weighted by Gasteiger charge is 2.24. The number of rotatable bonds is 7. The van der Waals surface area contributed by atoms with Crippen LogP contribution in [0, 0.1) is 0 Å². The van der Waals surface area contributed by atoms with E-state index >= 15 is 0 Å². The van der Waals surface area contributed by atoms with E-state index in [1.54, 1.807) is 13.1 Å². The third-order valence-electron chi connectivity index (χ3n) is 5.32. The molecule has 0 N–H and O–H groups in total. The maximum atomic E-state index is 13.5. The molecule has 0 spiro atoms. The second-order valence-electron chi connectivity index (χ2n) is 7.70. The zero-order valence-electron chi connectivity index (χ0n) is 18.1. The lowest BCUT2D eigenvalue weighted by Gasteiger charge is -2.26. The fraction of sp³-hybridized carbons (Fsp3) is 0.192. The first-order valence-corrected chi connectivity index (χ1v) is 11.4. The van der Waals surface area contributed by atoms with Gasteiger partial charge in [0, 0.05) is 20.1 Å². The molecule has 1 unspecified atom stereocenters. The molecule has 0 fully saturated rings. The van der Waals surface area contributed by atoms with E-state index in [2.05, 4.69) is 4.98 Å². The van der Waals surface area contributed by atoms with E-state index in [1.807, 2.05) is 90.7 Å². The van der Waals surface area contributed by atoms with Gasteiger partial charge in [-0.1, -0.05) is 84.6 Å². The number of fused-ring (bicyclic) bond motifs is 1. The lowest BCUT2D eigenvalue weighted by molar-refractivity contribution is -0.131. The molecule has 4 aromatic rings. The van der Waals surface area contributed by atoms with Crippen molar-refractivity contribution in [3.05, 3.63) is 106 Å². The van der Waals surface area contributed by atoms with Gasteiger partial charge in [-0.2, -0.15) is 0 Å². The molecule has 5 nitrogen and oxygen atoms in total. The highest BCUT2D eigenvalue weighted by molar-refractivity contribution is 8.00. The predicted molar refractivity (Wildman–Crippen MR) is 129 cm³/mol. The zero-order valence-corrected chi connectivity index (χ0v) is 19.0. The summed E-state index contributed by atoms with van der Waals surface area (Å²) >= 11 is 1.32. The molecule has 3 aromatic carbocycles. The Morgan fingerprint density at radius 3 is 2.03 bits per heavy atom. The average Bonchev–Trinajstić information content (AvgIpc) is 2.83. The number of carbonyl (C=O) groups excluding carboxylic acids is 1. The van der Waals surface area contributed by atoms with Gasteiger partial charge in [-0.15, -0.1) is 0 Å². The number of hydrogen-bond donors (Lipinski definition) is 0. The molecule has 0 saturated heterocycles. The van der Waals surface area contributed by atoms with E-state index < -0.39 is 5.25 Å². The Hall–Kier alpha value is -3.38. The Morgan fingerprint density at radius 2 is 1.44 bits per heavy atom. The van der Waals surface area contributed by atoms with Crippen LogP contribution in [0.3, 0.4) is 0 Å². The van der Waals surface area contributed by atoms with E-state index in [1.165, 1.54) is 16.3 Å². The monoisotopic (exact) mass is 443 g/mol. The van der Waals surface area contributed by atoms with Gasteiger partial charge in [-0.25, -0.2) is 4.98 Å². The van der Waals surface area contributed by atoms with E-state index in [0.717, 1.165) is 11.1 Å². The van der Waals surface area contributed by atoms with Crippen molar-refractivity contribution in [2.24, 2.45) is 7.05 Å². The van der Waals surface area contributed by atoms with Gasteiger partial charge in [0.05, 0.1) is 16.2 Å². The van der Waals surface area contributed by atoms with Gasteiger partial charge in [-0.3, -0.25) is 14.2 Å². The molecule has 1 heterocycles. The van der Waals surface area contributed by atoms with Crippen molar-refractivity contribution in [2.75, 3.05) is 0 Å². The second-order valence-corrected chi connectivity index (χ2v) is 9.01. The number of amides is 1. The predicted octanol–water partition coefficient (Wildman–Crippen LogP) is 4.64. The van der Waals surface area contributed by atoms with Crippen LogP contribution < -0.4 is 5.56 Å². The lowest BCUT2D eigenvalue weighted by atomic mass is 10.1. The fourth-order valence-corrected chi connectivity index (χ4v) is 4.55. The van der Waals surface area contributed by atoms with Crippen LogP contribution >= 0.6 is 11.8 Å². The van der Waals surface area contributed by atoms with Gasteiger partial charge in [0.25, 0.3) is 5.56 Å². The minimum atomic E-state index is -0.401. The number of thioether (sulfide) groups is 1. The third-order valence-corrected chi connectivity index (χ3v) is 6.45. The lowest BCUT2D eigenvalue weighted by Crippen LogP contribution is -2.36. The Balaban J connectivity index is 1.59. The van der Waals surface area contributed by atoms with Gasteiger partial charge in [0.15, 0.2) is 5.16 Å². The molecule has 1 amide bonds. The molecule has 0 aliphatic rings. The van der Waals surface area contributed by atoms with E-state index in [9.17, 15) is 9.59 Å². The minimum absolute atomic E-state index is 0.00473. The summed E-state index contributed by atoms with van der Waals surface area (Å²) in [6.45, 7) is 2.91. The first-order chi connectivity index (χ1) is 15.5. The second kappa shape index (κ2) is 9.83. The van der Waals surface area contributed by atoms with Crippen LogP contribution in [0.2, 0.25) is 0 Å². The molecule has 4 rings (SSSR count). The van der Waals surface area contributed by atoms with Crippen LogP contribution in [0.5, 0.6) is 0 Å². The van der Waals surface area contributed by atoms with Crippen molar-refractivity contribution in [1.29, 1.82) is 0 Å². The number of aromatic nitrogens is 2. The maximum Gasteiger partial charge on any atom is 0.261 e. The summed E-state index contributed by atoms with van der Waals surface area (Å²) in [5.74, 6) is 0.00473. The largest absolute Gasteiger partial charge is 0.333 e. The fourth-order valence-electron chi connectivity index (χ4n) is 3.59. The van der Waals surface area contributed by atoms with E-state index in [-0.39, 0.29) is 11.5 Å². The molecule has 32 heavy (non-hydrogen) atoms. The highest BCUT2D eigenvalue weighted by atomic mass is 32.2. The number of para-hydroxylation sites is 1. The quantitative estimate of drug-likeness (QED) is 0.308. The van der Waals surface area contributed by atoms with Crippen LogP contribution in [-0.4, -0.2) is 25.6 Å². The summed E-state index contributed by atoms with van der Waals surface area (Å²) < 4.78 is 1.52. The number of hydrogen-bond acceptors (Lipinski definition) is 4. The molecule has 0 aliphatic carbocycles. The average molecular weight is 444 g/mol. The molecule has 1 atom stereocenters. The van der Waals surface area contributed by atoms with Crippen LogP contribution in [0.1, 0.15) is 18.1 Å². The van der Waals surface area contributed by atoms with Crippen LogP contribution in [0.15, 0.2) is 94.9 Å². The Labute approximate surface area is 191 Å². The number of nitrogens with zero attached hydrogens (tertiary/aromatic N) is 3. The van der Waals surface area contributed by atoms with Gasteiger partial charge < -0.3 is 4.90 Å². The van der Waals surface area contributed by atoms with Gasteiger partial charge in [0.1, 0.15) is 0 Å². The van der Waals surface area contributed by atoms with E-state index in [4.69, 9.17) is 0 Å². The summed E-state index contributed by atoms with van der Waals surface area (Å²) in [6, 6.07) is 27.2.